The molecule has 424 valence electrons. The van der Waals surface area contributed by atoms with Gasteiger partial charge in [0.15, 0.2) is 0 Å². The zero-order chi connectivity index (χ0) is 57.2. The molecule has 1 aromatic carbocycles. The van der Waals surface area contributed by atoms with Gasteiger partial charge in [-0.3, -0.25) is 57.5 Å². The molecule has 76 heavy (non-hydrogen) atoms. The number of carboxylic acids is 3. The normalized spacial score (nSPS) is 25.1. The van der Waals surface area contributed by atoms with Gasteiger partial charge in [0.1, 0.15) is 54.4 Å². The Morgan fingerprint density at radius 1 is 0.434 bits per heavy atom. The van der Waals surface area contributed by atoms with Crippen molar-refractivity contribution < 1.29 is 72.9 Å². The van der Waals surface area contributed by atoms with E-state index >= 15 is 0 Å². The fraction of sp³-hybridized carbons (Fsp3) is 0.640. The van der Waals surface area contributed by atoms with Crippen LogP contribution in [0.1, 0.15) is 118 Å². The number of carbonyl (C=O) groups is 12. The van der Waals surface area contributed by atoms with Crippen molar-refractivity contribution in [2.24, 2.45) is 29.2 Å². The van der Waals surface area contributed by atoms with Gasteiger partial charge < -0.3 is 74.6 Å². The smallest absolute Gasteiger partial charge is 0.305 e. The Kier molecular flexibility index (Phi) is 28.1. The van der Waals surface area contributed by atoms with Crippen molar-refractivity contribution in [2.75, 3.05) is 13.1 Å². The van der Waals surface area contributed by atoms with Gasteiger partial charge in [-0.2, -0.15) is 0 Å². The number of hydrogen-bond donors (Lipinski definition) is 14. The van der Waals surface area contributed by atoms with E-state index in [4.69, 9.17) is 11.5 Å². The molecular weight excluding hydrogens is 995 g/mol. The molecule has 11 atom stereocenters. The highest BCUT2D eigenvalue weighted by molar-refractivity contribution is 6.01. The zero-order valence-corrected chi connectivity index (χ0v) is 44.1. The molecule has 0 spiro atoms. The van der Waals surface area contributed by atoms with E-state index in [-0.39, 0.29) is 58.0 Å². The number of carbonyl (C=O) groups excluding carboxylic acids is 9. The Labute approximate surface area is 441 Å². The van der Waals surface area contributed by atoms with Crippen LogP contribution < -0.4 is 59.3 Å². The molecule has 0 saturated carbocycles. The first kappa shape index (κ1) is 64.9. The minimum absolute atomic E-state index is 0.0875. The van der Waals surface area contributed by atoms with E-state index in [2.05, 4.69) is 47.9 Å². The summed E-state index contributed by atoms with van der Waals surface area (Å²) >= 11 is 0. The van der Waals surface area contributed by atoms with E-state index in [1.165, 1.54) is 0 Å². The average Bonchev–Trinajstić information content (AvgIpc) is 3.35. The summed E-state index contributed by atoms with van der Waals surface area (Å²) in [5, 5.41) is 51.7. The molecular formula is C50H79N11O15. The Hall–Kier alpha value is -7.22. The van der Waals surface area contributed by atoms with Gasteiger partial charge in [-0.15, -0.1) is 0 Å². The van der Waals surface area contributed by atoms with Crippen molar-refractivity contribution >= 4 is 71.1 Å². The summed E-state index contributed by atoms with van der Waals surface area (Å²) in [5.41, 5.74) is 12.0. The fourth-order valence-electron chi connectivity index (χ4n) is 8.04. The van der Waals surface area contributed by atoms with Crippen LogP contribution in [0.25, 0.3) is 0 Å². The second-order valence-electron chi connectivity index (χ2n) is 19.4. The summed E-state index contributed by atoms with van der Waals surface area (Å²) in [6.07, 6.45) is -2.13. The minimum Gasteiger partial charge on any atom is -0.481 e. The zero-order valence-electron chi connectivity index (χ0n) is 44.1. The van der Waals surface area contributed by atoms with Crippen LogP contribution in [0.15, 0.2) is 30.3 Å². The second kappa shape index (κ2) is 32.9. The molecule has 0 radical (unpaired) electrons. The summed E-state index contributed by atoms with van der Waals surface area (Å²) in [7, 11) is 0. The van der Waals surface area contributed by atoms with Crippen LogP contribution in [0.4, 0.5) is 0 Å². The lowest BCUT2D eigenvalue weighted by Gasteiger charge is -2.31. The number of nitrogens with two attached hydrogens (primary N) is 2. The van der Waals surface area contributed by atoms with Crippen LogP contribution in [0, 0.1) is 17.8 Å². The molecule has 1 aromatic rings. The third-order valence-electron chi connectivity index (χ3n) is 12.9. The lowest BCUT2D eigenvalue weighted by Crippen LogP contribution is -2.62. The van der Waals surface area contributed by atoms with Gasteiger partial charge in [0.25, 0.3) is 0 Å². The molecule has 1 saturated heterocycles. The van der Waals surface area contributed by atoms with Crippen molar-refractivity contribution in [3.05, 3.63) is 35.9 Å². The molecule has 9 amide bonds. The molecule has 0 aliphatic carbocycles. The van der Waals surface area contributed by atoms with E-state index in [1.54, 1.807) is 71.9 Å². The Morgan fingerprint density at radius 3 is 1.11 bits per heavy atom. The van der Waals surface area contributed by atoms with Crippen molar-refractivity contribution in [1.29, 1.82) is 0 Å². The number of carboxylic acid groups (broad SMARTS) is 3. The highest BCUT2D eigenvalue weighted by atomic mass is 16.4. The van der Waals surface area contributed by atoms with Crippen LogP contribution in [-0.4, -0.2) is 154 Å². The topological polar surface area (TPSA) is 426 Å². The number of rotatable bonds is 21. The number of benzene rings is 1. The van der Waals surface area contributed by atoms with Crippen molar-refractivity contribution in [1.82, 2.24) is 47.9 Å². The van der Waals surface area contributed by atoms with Crippen LogP contribution in [0.5, 0.6) is 0 Å². The van der Waals surface area contributed by atoms with Gasteiger partial charge in [0.05, 0.1) is 19.3 Å². The molecule has 1 fully saturated rings. The van der Waals surface area contributed by atoms with Gasteiger partial charge in [0, 0.05) is 6.42 Å². The van der Waals surface area contributed by atoms with Crippen molar-refractivity contribution in [3.63, 3.8) is 0 Å². The number of nitrogens with one attached hydrogen (secondary N) is 9. The quantitative estimate of drug-likeness (QED) is 0.0594. The molecule has 0 bridgehead atoms. The minimum atomic E-state index is -2.04. The Morgan fingerprint density at radius 2 is 0.737 bits per heavy atom. The monoisotopic (exact) mass is 1070 g/mol. The number of unbranched alkanes of at least 4 members (excludes halogenated alkanes) is 2. The molecule has 1 aliphatic rings. The molecule has 1 heterocycles. The van der Waals surface area contributed by atoms with Crippen molar-refractivity contribution in [3.8, 4) is 0 Å². The lowest BCUT2D eigenvalue weighted by atomic mass is 9.95. The Bertz CT molecular complexity index is 2180. The fourth-order valence-corrected chi connectivity index (χ4v) is 8.04. The maximum absolute atomic E-state index is 14.5. The van der Waals surface area contributed by atoms with E-state index in [0.717, 1.165) is 0 Å². The van der Waals surface area contributed by atoms with Gasteiger partial charge in [-0.05, 0) is 74.9 Å². The molecule has 16 N–H and O–H groups in total. The van der Waals surface area contributed by atoms with Gasteiger partial charge in [0.2, 0.25) is 53.2 Å². The second-order valence-corrected chi connectivity index (χ2v) is 19.4. The van der Waals surface area contributed by atoms with E-state index < -0.39 is 162 Å². The standard InChI is InChI=1S/C50H79N11O15/c1-7-27(5)40-49(75)57-32(22-29-16-10-9-11-17-29)47(73)59-39(26(3)4)48(74)61-41(28(6)8-2)50(76)58-35(25-38(66)67)46(72)56-34(24-37(64)65)45(71)53-30(18-12-14-20-51)42(68)55-33(23-36(62)63)44(70)54-31(43(69)60-40)19-13-15-21-52/h9-11,16-17,26-28,30-35,39-41H,7-8,12-15,18-25,51-52H2,1-6H3,(H,53,71)(H,54,70)(H,55,68)(H,56,72)(H,57,75)(H,58,76)(H,59,73)(H,60,69)(H,61,74)(H,62,63)(H,64,65)(H,66,67)/t27-,28-,30-,31-,32-,33-,34-,35-,39-,40-,41-/m0/s1. The van der Waals surface area contributed by atoms with Crippen molar-refractivity contribution in [2.45, 2.75) is 173 Å². The third kappa shape index (κ3) is 21.9. The number of hydrogen-bond acceptors (Lipinski definition) is 14. The van der Waals surface area contributed by atoms with Crippen LogP contribution in [0.2, 0.25) is 0 Å². The largest absolute Gasteiger partial charge is 0.481 e. The van der Waals surface area contributed by atoms with Gasteiger partial charge in [-0.25, -0.2) is 0 Å². The van der Waals surface area contributed by atoms with Gasteiger partial charge in [-0.1, -0.05) is 84.7 Å². The first-order valence-electron chi connectivity index (χ1n) is 25.7. The van der Waals surface area contributed by atoms with Crippen LogP contribution in [-0.2, 0) is 64.0 Å². The van der Waals surface area contributed by atoms with E-state index in [1.807, 2.05) is 0 Å². The average molecular weight is 1070 g/mol. The SMILES string of the molecule is CC[C@H](C)[C@@H]1NC(=O)[C@H](CCCCN)NC(=O)[C@H](CC(=O)O)NC(=O)[C@H](CCCCN)NC(=O)[C@H](CC(=O)O)NC(=O)[C@H](CC(=O)O)NC(=O)[C@H]([C@@H](C)CC)NC(=O)[C@H](C(C)C)NC(=O)[C@H](Cc2ccccc2)NC1=O. The summed E-state index contributed by atoms with van der Waals surface area (Å²) in [6, 6.07) is -6.15. The molecule has 26 nitrogen and oxygen atoms in total. The first-order valence-corrected chi connectivity index (χ1v) is 25.7. The van der Waals surface area contributed by atoms with E-state index in [0.29, 0.717) is 18.4 Å². The number of amides is 9. The molecule has 0 unspecified atom stereocenters. The summed E-state index contributed by atoms with van der Waals surface area (Å²) in [5.74, 6) is -16.3. The maximum atomic E-state index is 14.5. The highest BCUT2D eigenvalue weighted by Crippen LogP contribution is 2.16. The molecule has 1 aliphatic heterocycles. The van der Waals surface area contributed by atoms with Crippen LogP contribution >= 0.6 is 0 Å². The first-order chi connectivity index (χ1) is 35.9. The predicted octanol–water partition coefficient (Wildman–Crippen LogP) is -1.96. The third-order valence-corrected chi connectivity index (χ3v) is 12.9. The summed E-state index contributed by atoms with van der Waals surface area (Å²) in [4.78, 5) is 164. The molecule has 0 aromatic heterocycles. The number of aliphatic carboxylic acids is 3. The van der Waals surface area contributed by atoms with Crippen LogP contribution in [0.3, 0.4) is 0 Å². The predicted molar refractivity (Wildman–Crippen MR) is 274 cm³/mol. The highest BCUT2D eigenvalue weighted by Gasteiger charge is 2.39. The lowest BCUT2D eigenvalue weighted by molar-refractivity contribution is -0.144. The molecule has 2 rings (SSSR count). The summed E-state index contributed by atoms with van der Waals surface area (Å²) in [6.45, 7) is 10.2. The molecule has 26 heteroatoms. The van der Waals surface area contributed by atoms with E-state index in [9.17, 15) is 72.9 Å². The Balaban J connectivity index is 2.93. The van der Waals surface area contributed by atoms with Gasteiger partial charge >= 0.3 is 17.9 Å². The maximum Gasteiger partial charge on any atom is 0.305 e. The summed E-state index contributed by atoms with van der Waals surface area (Å²) < 4.78 is 0.